The molecule has 5 heteroatoms. The fourth-order valence-corrected chi connectivity index (χ4v) is 3.10. The lowest BCUT2D eigenvalue weighted by Gasteiger charge is -2.03. The van der Waals surface area contributed by atoms with Crippen LogP contribution in [0.1, 0.15) is 5.56 Å². The van der Waals surface area contributed by atoms with Gasteiger partial charge in [0, 0.05) is 6.54 Å². The van der Waals surface area contributed by atoms with Crippen LogP contribution < -0.4 is 14.8 Å². The molecule has 0 spiro atoms. The number of ether oxygens (including phenoxy) is 2. The van der Waals surface area contributed by atoms with Gasteiger partial charge in [0.25, 0.3) is 0 Å². The zero-order chi connectivity index (χ0) is 14.7. The third-order valence-corrected chi connectivity index (χ3v) is 4.22. The largest absolute Gasteiger partial charge is 0.495 e. The van der Waals surface area contributed by atoms with Crippen molar-refractivity contribution in [2.45, 2.75) is 6.54 Å². The van der Waals surface area contributed by atoms with Gasteiger partial charge in [-0.1, -0.05) is 41.7 Å². The van der Waals surface area contributed by atoms with Crippen molar-refractivity contribution in [3.8, 4) is 11.5 Å². The number of fused-ring (bicyclic) bond motifs is 1. The van der Waals surface area contributed by atoms with Gasteiger partial charge in [-0.2, -0.15) is 0 Å². The third-order valence-electron chi connectivity index (χ3n) is 3.20. The molecule has 0 fully saturated rings. The van der Waals surface area contributed by atoms with Gasteiger partial charge in [0.15, 0.2) is 5.13 Å². The summed E-state index contributed by atoms with van der Waals surface area (Å²) >= 11 is 1.57. The Morgan fingerprint density at radius 1 is 1.00 bits per heavy atom. The lowest BCUT2D eigenvalue weighted by molar-refractivity contribution is 0.410. The zero-order valence-electron chi connectivity index (χ0n) is 11.9. The molecule has 0 radical (unpaired) electrons. The second-order valence-corrected chi connectivity index (χ2v) is 5.51. The Hall–Kier alpha value is -2.27. The highest BCUT2D eigenvalue weighted by Gasteiger charge is 2.13. The monoisotopic (exact) mass is 300 g/mol. The Morgan fingerprint density at radius 3 is 2.43 bits per heavy atom. The summed E-state index contributed by atoms with van der Waals surface area (Å²) in [6.45, 7) is 0.741. The molecule has 1 heterocycles. The molecule has 0 amide bonds. The smallest absolute Gasteiger partial charge is 0.184 e. The molecule has 0 aliphatic carbocycles. The van der Waals surface area contributed by atoms with E-state index < -0.39 is 0 Å². The predicted octanol–water partition coefficient (Wildman–Crippen LogP) is 3.93. The zero-order valence-corrected chi connectivity index (χ0v) is 12.7. The maximum Gasteiger partial charge on any atom is 0.184 e. The van der Waals surface area contributed by atoms with Gasteiger partial charge >= 0.3 is 0 Å². The van der Waals surface area contributed by atoms with E-state index in [1.54, 1.807) is 25.6 Å². The summed E-state index contributed by atoms with van der Waals surface area (Å²) in [7, 11) is 3.32. The standard InChI is InChI=1S/C16H16N2O2S/c1-19-12-8-9-13(20-2)15-14(12)18-16(21-15)17-10-11-6-4-3-5-7-11/h3-9H,10H2,1-2H3,(H,17,18). The van der Waals surface area contributed by atoms with E-state index in [1.807, 2.05) is 30.3 Å². The van der Waals surface area contributed by atoms with Crippen LogP contribution >= 0.6 is 11.3 Å². The Morgan fingerprint density at radius 2 is 1.71 bits per heavy atom. The molecule has 108 valence electrons. The van der Waals surface area contributed by atoms with Crippen molar-refractivity contribution in [3.63, 3.8) is 0 Å². The Kier molecular flexibility index (Phi) is 3.92. The maximum atomic E-state index is 5.39. The summed E-state index contributed by atoms with van der Waals surface area (Å²) in [5, 5.41) is 4.21. The molecule has 2 aromatic carbocycles. The van der Waals surface area contributed by atoms with E-state index in [-0.39, 0.29) is 0 Å². The van der Waals surface area contributed by atoms with Crippen molar-refractivity contribution >= 4 is 26.7 Å². The van der Waals surface area contributed by atoms with Crippen LogP contribution in [0.3, 0.4) is 0 Å². The Bertz CT molecular complexity index is 700. The first-order valence-corrected chi connectivity index (χ1v) is 7.43. The molecule has 1 aromatic heterocycles. The lowest BCUT2D eigenvalue weighted by atomic mass is 10.2. The normalized spacial score (nSPS) is 10.6. The van der Waals surface area contributed by atoms with Gasteiger partial charge in [0.1, 0.15) is 21.7 Å². The molecule has 0 aliphatic rings. The van der Waals surface area contributed by atoms with Crippen LogP contribution in [0.15, 0.2) is 42.5 Å². The van der Waals surface area contributed by atoms with E-state index in [2.05, 4.69) is 22.4 Å². The second-order valence-electron chi connectivity index (χ2n) is 4.51. The van der Waals surface area contributed by atoms with E-state index in [0.29, 0.717) is 0 Å². The van der Waals surface area contributed by atoms with E-state index in [1.165, 1.54) is 5.56 Å². The first kappa shape index (κ1) is 13.7. The SMILES string of the molecule is COc1ccc(OC)c2sc(NCc3ccccc3)nc12. The number of hydrogen-bond acceptors (Lipinski definition) is 5. The lowest BCUT2D eigenvalue weighted by Crippen LogP contribution is -1.98. The molecule has 0 saturated carbocycles. The fourth-order valence-electron chi connectivity index (χ4n) is 2.13. The molecule has 3 aromatic rings. The quantitative estimate of drug-likeness (QED) is 0.775. The minimum Gasteiger partial charge on any atom is -0.495 e. The number of nitrogens with zero attached hydrogens (tertiary/aromatic N) is 1. The van der Waals surface area contributed by atoms with Gasteiger partial charge in [0.2, 0.25) is 0 Å². The molecule has 0 aliphatic heterocycles. The van der Waals surface area contributed by atoms with Gasteiger partial charge in [-0.25, -0.2) is 4.98 Å². The average molecular weight is 300 g/mol. The summed E-state index contributed by atoms with van der Waals surface area (Å²) in [4.78, 5) is 4.61. The summed E-state index contributed by atoms with van der Waals surface area (Å²) in [6, 6.07) is 14.0. The van der Waals surface area contributed by atoms with Crippen molar-refractivity contribution < 1.29 is 9.47 Å². The minimum atomic E-state index is 0.741. The number of aromatic nitrogens is 1. The van der Waals surface area contributed by atoms with Crippen LogP contribution in [0, 0.1) is 0 Å². The van der Waals surface area contributed by atoms with Crippen LogP contribution in [-0.2, 0) is 6.54 Å². The number of nitrogens with one attached hydrogen (secondary N) is 1. The summed E-state index contributed by atoms with van der Waals surface area (Å²) in [5.41, 5.74) is 2.05. The van der Waals surface area contributed by atoms with Crippen molar-refractivity contribution in [1.29, 1.82) is 0 Å². The van der Waals surface area contributed by atoms with Gasteiger partial charge in [0.05, 0.1) is 14.2 Å². The van der Waals surface area contributed by atoms with Gasteiger partial charge in [-0.05, 0) is 17.7 Å². The molecule has 3 rings (SSSR count). The van der Waals surface area contributed by atoms with E-state index in [9.17, 15) is 0 Å². The highest BCUT2D eigenvalue weighted by Crippen LogP contribution is 2.38. The molecule has 4 nitrogen and oxygen atoms in total. The molecular weight excluding hydrogens is 284 g/mol. The predicted molar refractivity (Wildman–Crippen MR) is 86.5 cm³/mol. The van der Waals surface area contributed by atoms with Crippen molar-refractivity contribution in [2.75, 3.05) is 19.5 Å². The second kappa shape index (κ2) is 6.01. The molecular formula is C16H16N2O2S. The number of hydrogen-bond donors (Lipinski definition) is 1. The topological polar surface area (TPSA) is 43.4 Å². The number of thiazole rings is 1. The highest BCUT2D eigenvalue weighted by atomic mass is 32.1. The van der Waals surface area contributed by atoms with E-state index >= 15 is 0 Å². The summed E-state index contributed by atoms with van der Waals surface area (Å²) in [6.07, 6.45) is 0. The average Bonchev–Trinajstić information content (AvgIpc) is 2.97. The first-order valence-electron chi connectivity index (χ1n) is 6.61. The molecule has 0 unspecified atom stereocenters. The van der Waals surface area contributed by atoms with Crippen LogP contribution in [0.5, 0.6) is 11.5 Å². The Balaban J connectivity index is 1.90. The molecule has 0 saturated heterocycles. The number of methoxy groups -OCH3 is 2. The minimum absolute atomic E-state index is 0.741. The van der Waals surface area contributed by atoms with Crippen LogP contribution in [-0.4, -0.2) is 19.2 Å². The highest BCUT2D eigenvalue weighted by molar-refractivity contribution is 7.22. The number of anilines is 1. The van der Waals surface area contributed by atoms with Crippen molar-refractivity contribution in [2.24, 2.45) is 0 Å². The molecule has 0 bridgehead atoms. The Labute approximate surface area is 127 Å². The van der Waals surface area contributed by atoms with E-state index in [0.717, 1.165) is 33.4 Å². The molecule has 1 N–H and O–H groups in total. The molecule has 0 atom stereocenters. The van der Waals surface area contributed by atoms with Crippen molar-refractivity contribution in [3.05, 3.63) is 48.0 Å². The van der Waals surface area contributed by atoms with Crippen LogP contribution in [0.4, 0.5) is 5.13 Å². The van der Waals surface area contributed by atoms with Gasteiger partial charge in [-0.15, -0.1) is 0 Å². The fraction of sp³-hybridized carbons (Fsp3) is 0.188. The van der Waals surface area contributed by atoms with Gasteiger partial charge < -0.3 is 14.8 Å². The molecule has 21 heavy (non-hydrogen) atoms. The summed E-state index contributed by atoms with van der Waals surface area (Å²) in [5.74, 6) is 1.57. The number of benzene rings is 2. The maximum absolute atomic E-state index is 5.39. The van der Waals surface area contributed by atoms with Crippen molar-refractivity contribution in [1.82, 2.24) is 4.98 Å². The van der Waals surface area contributed by atoms with Gasteiger partial charge in [-0.3, -0.25) is 0 Å². The van der Waals surface area contributed by atoms with E-state index in [4.69, 9.17) is 9.47 Å². The summed E-state index contributed by atoms with van der Waals surface area (Å²) < 4.78 is 11.7. The number of rotatable bonds is 5. The van der Waals surface area contributed by atoms with Crippen LogP contribution in [0.2, 0.25) is 0 Å². The third kappa shape index (κ3) is 2.78. The first-order chi connectivity index (χ1) is 10.3. The van der Waals surface area contributed by atoms with Crippen LogP contribution in [0.25, 0.3) is 10.2 Å².